The van der Waals surface area contributed by atoms with Crippen LogP contribution in [0.2, 0.25) is 0 Å². The number of carbonyl (C=O) groups is 1. The highest BCUT2D eigenvalue weighted by Crippen LogP contribution is 2.22. The lowest BCUT2D eigenvalue weighted by Crippen LogP contribution is -2.17. The van der Waals surface area contributed by atoms with Crippen LogP contribution in [-0.4, -0.2) is 37.5 Å². The van der Waals surface area contributed by atoms with E-state index < -0.39 is 9.84 Å². The monoisotopic (exact) mass is 311 g/mol. The summed E-state index contributed by atoms with van der Waals surface area (Å²) in [6.45, 7) is 0.146. The molecule has 6 heteroatoms. The number of aliphatic hydroxyl groups is 1. The van der Waals surface area contributed by atoms with Crippen molar-refractivity contribution in [2.75, 3.05) is 23.4 Å². The van der Waals surface area contributed by atoms with E-state index in [9.17, 15) is 13.2 Å². The second-order valence-electron chi connectivity index (χ2n) is 5.55. The molecule has 1 aliphatic heterocycles. The van der Waals surface area contributed by atoms with Gasteiger partial charge in [0.2, 0.25) is 5.91 Å². The molecule has 0 radical (unpaired) electrons. The predicted molar refractivity (Wildman–Crippen MR) is 81.9 cm³/mol. The van der Waals surface area contributed by atoms with Gasteiger partial charge in [0.05, 0.1) is 11.5 Å². The van der Waals surface area contributed by atoms with Gasteiger partial charge in [-0.1, -0.05) is 12.1 Å². The second-order valence-corrected chi connectivity index (χ2v) is 7.78. The van der Waals surface area contributed by atoms with Gasteiger partial charge in [-0.3, -0.25) is 4.79 Å². The van der Waals surface area contributed by atoms with E-state index >= 15 is 0 Å². The average molecular weight is 311 g/mol. The van der Waals surface area contributed by atoms with Crippen LogP contribution >= 0.6 is 0 Å². The number of aryl methyl sites for hydroxylation is 1. The maximum absolute atomic E-state index is 12.0. The van der Waals surface area contributed by atoms with Gasteiger partial charge in [0.15, 0.2) is 9.84 Å². The largest absolute Gasteiger partial charge is 0.396 e. The predicted octanol–water partition coefficient (Wildman–Crippen LogP) is 1.37. The Kier molecular flexibility index (Phi) is 5.36. The summed E-state index contributed by atoms with van der Waals surface area (Å²) >= 11 is 0. The minimum atomic E-state index is -2.93. The Morgan fingerprint density at radius 3 is 2.86 bits per heavy atom. The van der Waals surface area contributed by atoms with Crippen molar-refractivity contribution in [3.05, 3.63) is 29.8 Å². The first-order valence-corrected chi connectivity index (χ1v) is 9.01. The lowest BCUT2D eigenvalue weighted by molar-refractivity contribution is -0.116. The van der Waals surface area contributed by atoms with Crippen LogP contribution in [0.1, 0.15) is 24.8 Å². The highest BCUT2D eigenvalue weighted by atomic mass is 32.2. The van der Waals surface area contributed by atoms with Crippen LogP contribution in [0, 0.1) is 5.92 Å². The van der Waals surface area contributed by atoms with Crippen molar-refractivity contribution in [1.82, 2.24) is 0 Å². The molecule has 1 aromatic rings. The molecule has 2 N–H and O–H groups in total. The first-order chi connectivity index (χ1) is 9.98. The fourth-order valence-corrected chi connectivity index (χ4v) is 4.46. The summed E-state index contributed by atoms with van der Waals surface area (Å²) in [6, 6.07) is 7.52. The van der Waals surface area contributed by atoms with Crippen molar-refractivity contribution >= 4 is 21.4 Å². The van der Waals surface area contributed by atoms with Crippen LogP contribution in [0.4, 0.5) is 5.69 Å². The number of carbonyl (C=O) groups excluding carboxylic acids is 1. The van der Waals surface area contributed by atoms with Crippen molar-refractivity contribution in [1.29, 1.82) is 0 Å². The summed E-state index contributed by atoms with van der Waals surface area (Å²) < 4.78 is 22.7. The molecular formula is C15H21NO4S. The van der Waals surface area contributed by atoms with Gasteiger partial charge in [-0.25, -0.2) is 8.42 Å². The number of sulfone groups is 1. The van der Waals surface area contributed by atoms with Gasteiger partial charge in [0, 0.05) is 18.7 Å². The van der Waals surface area contributed by atoms with Gasteiger partial charge in [-0.05, 0) is 42.9 Å². The molecule has 1 amide bonds. The first-order valence-electron chi connectivity index (χ1n) is 7.18. The molecule has 116 valence electrons. The number of hydrogen-bond acceptors (Lipinski definition) is 4. The molecule has 1 atom stereocenters. The van der Waals surface area contributed by atoms with Crippen molar-refractivity contribution in [2.24, 2.45) is 5.92 Å². The lowest BCUT2D eigenvalue weighted by atomic mass is 10.0. The third-order valence-electron chi connectivity index (χ3n) is 3.64. The lowest BCUT2D eigenvalue weighted by Gasteiger charge is -2.10. The van der Waals surface area contributed by atoms with Crippen molar-refractivity contribution < 1.29 is 18.3 Å². The zero-order valence-electron chi connectivity index (χ0n) is 11.9. The van der Waals surface area contributed by atoms with Gasteiger partial charge in [0.25, 0.3) is 0 Å². The molecule has 1 heterocycles. The molecule has 0 aromatic heterocycles. The van der Waals surface area contributed by atoms with Crippen LogP contribution < -0.4 is 5.32 Å². The highest BCUT2D eigenvalue weighted by molar-refractivity contribution is 7.91. The van der Waals surface area contributed by atoms with Crippen LogP contribution in [0.25, 0.3) is 0 Å². The molecule has 5 nitrogen and oxygen atoms in total. The summed E-state index contributed by atoms with van der Waals surface area (Å²) in [5.74, 6) is 0.113. The van der Waals surface area contributed by atoms with E-state index in [1.165, 1.54) is 0 Å². The fourth-order valence-electron chi connectivity index (χ4n) is 2.59. The molecule has 21 heavy (non-hydrogen) atoms. The standard InChI is InChI=1S/C15H21NO4S/c17-7-2-4-12-3-1-5-14(9-12)16-15(18)10-13-6-8-21(19,20)11-13/h1,3,5,9,13,17H,2,4,6-8,10-11H2,(H,16,18). The molecule has 0 spiro atoms. The van der Waals surface area contributed by atoms with E-state index in [1.54, 1.807) is 0 Å². The number of amides is 1. The van der Waals surface area contributed by atoms with Crippen molar-refractivity contribution in [2.45, 2.75) is 25.7 Å². The molecule has 1 unspecified atom stereocenters. The van der Waals surface area contributed by atoms with Crippen LogP contribution in [0.3, 0.4) is 0 Å². The van der Waals surface area contributed by atoms with Crippen LogP contribution in [-0.2, 0) is 21.1 Å². The number of aliphatic hydroxyl groups excluding tert-OH is 1. The molecular weight excluding hydrogens is 290 g/mol. The average Bonchev–Trinajstić information content (AvgIpc) is 2.75. The number of anilines is 1. The maximum atomic E-state index is 12.0. The maximum Gasteiger partial charge on any atom is 0.224 e. The van der Waals surface area contributed by atoms with Gasteiger partial charge in [0.1, 0.15) is 0 Å². The Morgan fingerprint density at radius 2 is 2.19 bits per heavy atom. The summed E-state index contributed by atoms with van der Waals surface area (Å²) in [7, 11) is -2.93. The Bertz CT molecular complexity index is 597. The summed E-state index contributed by atoms with van der Waals surface area (Å²) in [4.78, 5) is 12.0. The van der Waals surface area contributed by atoms with E-state index in [0.717, 1.165) is 17.7 Å². The third-order valence-corrected chi connectivity index (χ3v) is 5.47. The van der Waals surface area contributed by atoms with E-state index in [2.05, 4.69) is 5.32 Å². The zero-order chi connectivity index (χ0) is 15.3. The molecule has 1 saturated heterocycles. The van der Waals surface area contributed by atoms with Crippen molar-refractivity contribution in [3.63, 3.8) is 0 Å². The Balaban J connectivity index is 1.88. The first kappa shape index (κ1) is 16.0. The molecule has 0 saturated carbocycles. The van der Waals surface area contributed by atoms with Gasteiger partial charge < -0.3 is 10.4 Å². The third kappa shape index (κ3) is 5.13. The smallest absolute Gasteiger partial charge is 0.224 e. The van der Waals surface area contributed by atoms with Crippen LogP contribution in [0.5, 0.6) is 0 Å². The SMILES string of the molecule is O=C(CC1CCS(=O)(=O)C1)Nc1cccc(CCCO)c1. The van der Waals surface area contributed by atoms with E-state index in [-0.39, 0.29) is 36.4 Å². The molecule has 1 aliphatic rings. The zero-order valence-corrected chi connectivity index (χ0v) is 12.7. The number of rotatable bonds is 6. The minimum absolute atomic E-state index is 0.0624. The molecule has 0 bridgehead atoms. The Hall–Kier alpha value is -1.40. The van der Waals surface area contributed by atoms with Crippen molar-refractivity contribution in [3.8, 4) is 0 Å². The van der Waals surface area contributed by atoms with E-state index in [1.807, 2.05) is 24.3 Å². The van der Waals surface area contributed by atoms with E-state index in [0.29, 0.717) is 12.8 Å². The molecule has 1 aromatic carbocycles. The molecule has 2 rings (SSSR count). The minimum Gasteiger partial charge on any atom is -0.396 e. The quantitative estimate of drug-likeness (QED) is 0.831. The second kappa shape index (κ2) is 7.04. The van der Waals surface area contributed by atoms with Gasteiger partial charge in [-0.2, -0.15) is 0 Å². The summed E-state index contributed by atoms with van der Waals surface area (Å²) in [5, 5.41) is 11.6. The number of benzene rings is 1. The summed E-state index contributed by atoms with van der Waals surface area (Å²) in [6.07, 6.45) is 2.28. The number of hydrogen-bond donors (Lipinski definition) is 2. The fraction of sp³-hybridized carbons (Fsp3) is 0.533. The molecule has 0 aliphatic carbocycles. The van der Waals surface area contributed by atoms with Gasteiger partial charge in [-0.15, -0.1) is 0 Å². The Morgan fingerprint density at radius 1 is 1.38 bits per heavy atom. The van der Waals surface area contributed by atoms with Gasteiger partial charge >= 0.3 is 0 Å². The Labute approximate surface area is 125 Å². The summed E-state index contributed by atoms with van der Waals surface area (Å²) in [5.41, 5.74) is 1.78. The van der Waals surface area contributed by atoms with Crippen LogP contribution in [0.15, 0.2) is 24.3 Å². The normalized spacial score (nSPS) is 20.3. The van der Waals surface area contributed by atoms with E-state index in [4.69, 9.17) is 5.11 Å². The highest BCUT2D eigenvalue weighted by Gasteiger charge is 2.29. The number of nitrogens with one attached hydrogen (secondary N) is 1. The topological polar surface area (TPSA) is 83.5 Å². The molecule has 1 fully saturated rings.